The zero-order chi connectivity index (χ0) is 19.4. The third-order valence-electron chi connectivity index (χ3n) is 3.70. The molecule has 0 aromatic heterocycles. The number of ether oxygens (including phenoxy) is 3. The van der Waals surface area contributed by atoms with Crippen molar-refractivity contribution in [2.75, 3.05) is 7.11 Å². The molecule has 0 unspecified atom stereocenters. The molecule has 3 rings (SSSR count). The average Bonchev–Trinajstić information content (AvgIpc) is 3.03. The van der Waals surface area contributed by atoms with Crippen LogP contribution in [0.25, 0.3) is 6.08 Å². The maximum absolute atomic E-state index is 12.1. The monoisotopic (exact) mass is 385 g/mol. The largest absolute Gasteiger partial charge is 0.493 e. The van der Waals surface area contributed by atoms with Gasteiger partial charge in [-0.15, -0.1) is 0 Å². The summed E-state index contributed by atoms with van der Waals surface area (Å²) in [6, 6.07) is 11.8. The molecule has 1 aliphatic heterocycles. The van der Waals surface area contributed by atoms with E-state index in [1.54, 1.807) is 55.5 Å². The first-order chi connectivity index (χ1) is 13.0. The number of halogens is 1. The number of methoxy groups -OCH3 is 1. The van der Waals surface area contributed by atoms with Gasteiger partial charge in [-0.25, -0.2) is 9.79 Å². The molecule has 0 saturated heterocycles. The second kappa shape index (κ2) is 8.05. The molecule has 6 nitrogen and oxygen atoms in total. The van der Waals surface area contributed by atoms with Gasteiger partial charge in [-0.1, -0.05) is 30.7 Å². The average molecular weight is 386 g/mol. The first-order valence-corrected chi connectivity index (χ1v) is 8.55. The van der Waals surface area contributed by atoms with Crippen molar-refractivity contribution in [1.82, 2.24) is 0 Å². The number of benzene rings is 2. The number of esters is 2. The Morgan fingerprint density at radius 2 is 2.04 bits per heavy atom. The Bertz CT molecular complexity index is 965. The maximum atomic E-state index is 12.1. The molecule has 0 fully saturated rings. The molecule has 0 spiro atoms. The third kappa shape index (κ3) is 4.35. The zero-order valence-corrected chi connectivity index (χ0v) is 15.4. The molecule has 0 radical (unpaired) electrons. The van der Waals surface area contributed by atoms with Crippen LogP contribution in [0.2, 0.25) is 5.02 Å². The second-order valence-corrected chi connectivity index (χ2v) is 6.02. The number of carbonyl (C=O) groups is 2. The standard InChI is InChI=1S/C20H16ClNO5/c1-3-18(23)26-16-8-7-12(10-17(16)25-2)9-15-20(24)27-19(22-15)13-5-4-6-14(21)11-13/h4-11H,3H2,1-2H3. The molecule has 0 bridgehead atoms. The molecule has 0 amide bonds. The van der Waals surface area contributed by atoms with E-state index in [1.165, 1.54) is 7.11 Å². The lowest BCUT2D eigenvalue weighted by molar-refractivity contribution is -0.134. The van der Waals surface area contributed by atoms with Crippen LogP contribution < -0.4 is 9.47 Å². The zero-order valence-electron chi connectivity index (χ0n) is 14.7. The van der Waals surface area contributed by atoms with Crippen LogP contribution >= 0.6 is 11.6 Å². The van der Waals surface area contributed by atoms with Gasteiger partial charge in [-0.2, -0.15) is 0 Å². The lowest BCUT2D eigenvalue weighted by atomic mass is 10.1. The van der Waals surface area contributed by atoms with E-state index in [2.05, 4.69) is 4.99 Å². The van der Waals surface area contributed by atoms with Gasteiger partial charge in [0.25, 0.3) is 0 Å². The molecular formula is C20H16ClNO5. The minimum absolute atomic E-state index is 0.144. The summed E-state index contributed by atoms with van der Waals surface area (Å²) >= 11 is 5.96. The van der Waals surface area contributed by atoms with Crippen LogP contribution in [0.15, 0.2) is 53.2 Å². The highest BCUT2D eigenvalue weighted by atomic mass is 35.5. The molecular weight excluding hydrogens is 370 g/mol. The van der Waals surface area contributed by atoms with Crippen molar-refractivity contribution >= 4 is 35.5 Å². The van der Waals surface area contributed by atoms with E-state index in [9.17, 15) is 9.59 Å². The Kier molecular flexibility index (Phi) is 5.57. The van der Waals surface area contributed by atoms with E-state index in [1.807, 2.05) is 0 Å². The van der Waals surface area contributed by atoms with Crippen molar-refractivity contribution in [2.24, 2.45) is 4.99 Å². The first-order valence-electron chi connectivity index (χ1n) is 8.17. The van der Waals surface area contributed by atoms with E-state index < -0.39 is 5.97 Å². The van der Waals surface area contributed by atoms with Crippen LogP contribution in [-0.2, 0) is 14.3 Å². The molecule has 0 aliphatic carbocycles. The minimum Gasteiger partial charge on any atom is -0.493 e. The topological polar surface area (TPSA) is 74.2 Å². The van der Waals surface area contributed by atoms with Crippen molar-refractivity contribution in [3.8, 4) is 11.5 Å². The summed E-state index contributed by atoms with van der Waals surface area (Å²) in [5, 5.41) is 0.519. The predicted octanol–water partition coefficient (Wildman–Crippen LogP) is 4.01. The maximum Gasteiger partial charge on any atom is 0.363 e. The van der Waals surface area contributed by atoms with Gasteiger partial charge in [0.1, 0.15) is 0 Å². The third-order valence-corrected chi connectivity index (χ3v) is 3.93. The number of cyclic esters (lactones) is 1. The number of aliphatic imine (C=N–C) groups is 1. The summed E-state index contributed by atoms with van der Waals surface area (Å²) in [5.41, 5.74) is 1.40. The normalized spacial score (nSPS) is 14.7. The fraction of sp³-hybridized carbons (Fsp3) is 0.150. The van der Waals surface area contributed by atoms with Crippen LogP contribution in [-0.4, -0.2) is 24.9 Å². The van der Waals surface area contributed by atoms with Crippen LogP contribution in [0.3, 0.4) is 0 Å². The van der Waals surface area contributed by atoms with Crippen LogP contribution in [0, 0.1) is 0 Å². The smallest absolute Gasteiger partial charge is 0.363 e. The Morgan fingerprint density at radius 1 is 1.22 bits per heavy atom. The van der Waals surface area contributed by atoms with E-state index in [0.717, 1.165) is 0 Å². The van der Waals surface area contributed by atoms with Crippen LogP contribution in [0.5, 0.6) is 11.5 Å². The van der Waals surface area contributed by atoms with Gasteiger partial charge in [0, 0.05) is 17.0 Å². The van der Waals surface area contributed by atoms with Crippen molar-refractivity contribution in [3.05, 3.63) is 64.3 Å². The molecule has 27 heavy (non-hydrogen) atoms. The van der Waals surface area contributed by atoms with E-state index in [4.69, 9.17) is 25.8 Å². The summed E-state index contributed by atoms with van der Waals surface area (Å²) in [7, 11) is 1.47. The molecule has 0 N–H and O–H groups in total. The summed E-state index contributed by atoms with van der Waals surface area (Å²) in [5.74, 6) is -0.0608. The van der Waals surface area contributed by atoms with Crippen molar-refractivity contribution < 1.29 is 23.8 Å². The number of rotatable bonds is 5. The lowest BCUT2D eigenvalue weighted by Crippen LogP contribution is -2.06. The summed E-state index contributed by atoms with van der Waals surface area (Å²) in [4.78, 5) is 27.8. The minimum atomic E-state index is -0.564. The van der Waals surface area contributed by atoms with Crippen LogP contribution in [0.4, 0.5) is 0 Å². The highest BCUT2D eigenvalue weighted by Gasteiger charge is 2.24. The molecule has 138 valence electrons. The Balaban J connectivity index is 1.89. The number of hydrogen-bond acceptors (Lipinski definition) is 6. The predicted molar refractivity (Wildman–Crippen MR) is 101 cm³/mol. The number of carbonyl (C=O) groups excluding carboxylic acids is 2. The molecule has 0 atom stereocenters. The van der Waals surface area contributed by atoms with Crippen molar-refractivity contribution in [2.45, 2.75) is 13.3 Å². The van der Waals surface area contributed by atoms with Gasteiger partial charge < -0.3 is 14.2 Å². The van der Waals surface area contributed by atoms with Gasteiger partial charge in [0.2, 0.25) is 5.90 Å². The summed E-state index contributed by atoms with van der Waals surface area (Å²) in [6.07, 6.45) is 1.82. The summed E-state index contributed by atoms with van der Waals surface area (Å²) in [6.45, 7) is 1.70. The summed E-state index contributed by atoms with van der Waals surface area (Å²) < 4.78 is 15.7. The number of nitrogens with zero attached hydrogens (tertiary/aromatic N) is 1. The van der Waals surface area contributed by atoms with Crippen molar-refractivity contribution in [1.29, 1.82) is 0 Å². The Labute approximate surface area is 161 Å². The Hall–Kier alpha value is -3.12. The molecule has 1 aliphatic rings. The molecule has 2 aromatic rings. The van der Waals surface area contributed by atoms with Gasteiger partial charge in [0.05, 0.1) is 7.11 Å². The van der Waals surface area contributed by atoms with Crippen LogP contribution in [0.1, 0.15) is 24.5 Å². The Morgan fingerprint density at radius 3 is 2.74 bits per heavy atom. The first kappa shape index (κ1) is 18.7. The van der Waals surface area contributed by atoms with E-state index in [-0.39, 0.29) is 24.0 Å². The van der Waals surface area contributed by atoms with Gasteiger partial charge in [-0.05, 0) is 42.0 Å². The van der Waals surface area contributed by atoms with Gasteiger partial charge in [-0.3, -0.25) is 4.79 Å². The molecule has 0 saturated carbocycles. The fourth-order valence-electron chi connectivity index (χ4n) is 2.37. The quantitative estimate of drug-likeness (QED) is 0.441. The van der Waals surface area contributed by atoms with Gasteiger partial charge >= 0.3 is 11.9 Å². The molecule has 7 heteroatoms. The van der Waals surface area contributed by atoms with E-state index >= 15 is 0 Å². The van der Waals surface area contributed by atoms with E-state index in [0.29, 0.717) is 27.6 Å². The SMILES string of the molecule is CCC(=O)Oc1ccc(C=C2N=C(c3cccc(Cl)c3)OC2=O)cc1OC. The van der Waals surface area contributed by atoms with Crippen molar-refractivity contribution in [3.63, 3.8) is 0 Å². The van der Waals surface area contributed by atoms with Gasteiger partial charge in [0.15, 0.2) is 17.2 Å². The molecule has 1 heterocycles. The highest BCUT2D eigenvalue weighted by molar-refractivity contribution is 6.31. The fourth-order valence-corrected chi connectivity index (χ4v) is 2.56. The molecule has 2 aromatic carbocycles. The second-order valence-electron chi connectivity index (χ2n) is 5.58. The lowest BCUT2D eigenvalue weighted by Gasteiger charge is -2.09. The number of hydrogen-bond donors (Lipinski definition) is 0. The highest BCUT2D eigenvalue weighted by Crippen LogP contribution is 2.30.